The number of nitrogens with zero attached hydrogens (tertiary/aromatic N) is 1. The molecule has 0 unspecified atom stereocenters. The molecule has 0 fully saturated rings. The smallest absolute Gasteiger partial charge is 0.227 e. The molecule has 0 heterocycles. The van der Waals surface area contributed by atoms with Crippen LogP contribution in [0.3, 0.4) is 0 Å². The van der Waals surface area contributed by atoms with Gasteiger partial charge in [0.05, 0.1) is 6.42 Å². The normalized spacial score (nSPS) is 11.0. The molecule has 0 N–H and O–H groups in total. The van der Waals surface area contributed by atoms with E-state index >= 15 is 0 Å². The van der Waals surface area contributed by atoms with Crippen molar-refractivity contribution in [3.63, 3.8) is 0 Å². The Morgan fingerprint density at radius 1 is 0.875 bits per heavy atom. The molecule has 2 heteroatoms. The molecule has 3 rings (SSSR count). The second-order valence-corrected chi connectivity index (χ2v) is 6.42. The van der Waals surface area contributed by atoms with E-state index in [1.165, 1.54) is 5.39 Å². The first kappa shape index (κ1) is 16.3. The number of benzene rings is 3. The molecule has 122 valence electrons. The van der Waals surface area contributed by atoms with Crippen LogP contribution in [0.25, 0.3) is 10.8 Å². The van der Waals surface area contributed by atoms with Crippen molar-refractivity contribution in [1.29, 1.82) is 0 Å². The zero-order valence-electron chi connectivity index (χ0n) is 14.3. The number of hydrogen-bond donors (Lipinski definition) is 0. The minimum absolute atomic E-state index is 0.171. The van der Waals surface area contributed by atoms with Crippen molar-refractivity contribution < 1.29 is 4.79 Å². The summed E-state index contributed by atoms with van der Waals surface area (Å²) in [7, 11) is 0. The van der Waals surface area contributed by atoms with Crippen molar-refractivity contribution in [2.75, 3.05) is 0 Å². The van der Waals surface area contributed by atoms with Gasteiger partial charge in [0.1, 0.15) is 0 Å². The van der Waals surface area contributed by atoms with Crippen molar-refractivity contribution in [3.05, 3.63) is 83.9 Å². The zero-order valence-corrected chi connectivity index (χ0v) is 14.3. The molecule has 0 saturated heterocycles. The van der Waals surface area contributed by atoms with Gasteiger partial charge in [-0.15, -0.1) is 0 Å². The van der Waals surface area contributed by atoms with E-state index in [0.717, 1.165) is 16.5 Å². The van der Waals surface area contributed by atoms with Crippen LogP contribution in [0.15, 0.2) is 72.8 Å². The minimum atomic E-state index is 0.171. The molecule has 0 radical (unpaired) electrons. The summed E-state index contributed by atoms with van der Waals surface area (Å²) in [5, 5.41) is 2.35. The van der Waals surface area contributed by atoms with E-state index in [0.29, 0.717) is 13.0 Å². The second kappa shape index (κ2) is 7.31. The molecule has 0 bridgehead atoms. The topological polar surface area (TPSA) is 20.3 Å². The molecule has 2 nitrogen and oxygen atoms in total. The van der Waals surface area contributed by atoms with E-state index in [1.807, 2.05) is 41.3 Å². The predicted molar refractivity (Wildman–Crippen MR) is 99.8 cm³/mol. The standard InChI is InChI=1S/C22H23NO/c1-17(2)23(16-18-9-4-3-5-10-18)22(24)15-20-13-8-12-19-11-6-7-14-21(19)20/h3-14,17H,15-16H2,1-2H3. The highest BCUT2D eigenvalue weighted by Crippen LogP contribution is 2.20. The highest BCUT2D eigenvalue weighted by molar-refractivity contribution is 5.90. The highest BCUT2D eigenvalue weighted by atomic mass is 16.2. The fourth-order valence-corrected chi connectivity index (χ4v) is 3.05. The second-order valence-electron chi connectivity index (χ2n) is 6.42. The molecule has 0 aromatic heterocycles. The summed E-state index contributed by atoms with van der Waals surface area (Å²) in [4.78, 5) is 14.9. The first-order valence-corrected chi connectivity index (χ1v) is 8.45. The van der Waals surface area contributed by atoms with Gasteiger partial charge in [0.25, 0.3) is 0 Å². The third-order valence-corrected chi connectivity index (χ3v) is 4.36. The zero-order chi connectivity index (χ0) is 16.9. The first-order chi connectivity index (χ1) is 11.6. The molecule has 0 aliphatic rings. The van der Waals surface area contributed by atoms with Gasteiger partial charge in [-0.05, 0) is 35.7 Å². The van der Waals surface area contributed by atoms with Crippen molar-refractivity contribution in [2.24, 2.45) is 0 Å². The molecular formula is C22H23NO. The Morgan fingerprint density at radius 3 is 2.29 bits per heavy atom. The molecule has 3 aromatic carbocycles. The van der Waals surface area contributed by atoms with Gasteiger partial charge < -0.3 is 4.90 Å². The lowest BCUT2D eigenvalue weighted by Gasteiger charge is -2.27. The van der Waals surface area contributed by atoms with Gasteiger partial charge in [0.15, 0.2) is 0 Å². The van der Waals surface area contributed by atoms with Crippen LogP contribution >= 0.6 is 0 Å². The fourth-order valence-electron chi connectivity index (χ4n) is 3.05. The lowest BCUT2D eigenvalue weighted by atomic mass is 10.0. The summed E-state index contributed by atoms with van der Waals surface area (Å²) >= 11 is 0. The van der Waals surface area contributed by atoms with Gasteiger partial charge in [-0.3, -0.25) is 4.79 Å². The summed E-state index contributed by atoms with van der Waals surface area (Å²) in [6.07, 6.45) is 0.437. The summed E-state index contributed by atoms with van der Waals surface area (Å²) in [6.45, 7) is 4.80. The quantitative estimate of drug-likeness (QED) is 0.660. The van der Waals surface area contributed by atoms with Crippen LogP contribution in [0.1, 0.15) is 25.0 Å². The molecule has 0 atom stereocenters. The maximum atomic E-state index is 12.9. The number of fused-ring (bicyclic) bond motifs is 1. The van der Waals surface area contributed by atoms with Crippen LogP contribution in [0.5, 0.6) is 0 Å². The van der Waals surface area contributed by atoms with Gasteiger partial charge in [0.2, 0.25) is 5.91 Å². The van der Waals surface area contributed by atoms with E-state index in [-0.39, 0.29) is 11.9 Å². The summed E-state index contributed by atoms with van der Waals surface area (Å²) < 4.78 is 0. The van der Waals surface area contributed by atoms with Crippen LogP contribution < -0.4 is 0 Å². The maximum absolute atomic E-state index is 12.9. The third-order valence-electron chi connectivity index (χ3n) is 4.36. The fraction of sp³-hybridized carbons (Fsp3) is 0.227. The molecule has 24 heavy (non-hydrogen) atoms. The molecule has 0 saturated carbocycles. The largest absolute Gasteiger partial charge is 0.336 e. The Labute approximate surface area is 143 Å². The summed E-state index contributed by atoms with van der Waals surface area (Å²) in [5.41, 5.74) is 2.26. The van der Waals surface area contributed by atoms with E-state index in [4.69, 9.17) is 0 Å². The lowest BCUT2D eigenvalue weighted by Crippen LogP contribution is -2.37. The highest BCUT2D eigenvalue weighted by Gasteiger charge is 2.18. The number of carbonyl (C=O) groups excluding carboxylic acids is 1. The van der Waals surface area contributed by atoms with Gasteiger partial charge in [-0.25, -0.2) is 0 Å². The van der Waals surface area contributed by atoms with E-state index in [2.05, 4.69) is 50.2 Å². The van der Waals surface area contributed by atoms with Crippen molar-refractivity contribution >= 4 is 16.7 Å². The number of amides is 1. The average molecular weight is 317 g/mol. The van der Waals surface area contributed by atoms with Crippen LogP contribution in [-0.2, 0) is 17.8 Å². The van der Waals surface area contributed by atoms with Gasteiger partial charge in [-0.1, -0.05) is 72.8 Å². The summed E-state index contributed by atoms with van der Waals surface area (Å²) in [5.74, 6) is 0.171. The van der Waals surface area contributed by atoms with E-state index < -0.39 is 0 Å². The van der Waals surface area contributed by atoms with Crippen molar-refractivity contribution in [1.82, 2.24) is 4.90 Å². The number of hydrogen-bond acceptors (Lipinski definition) is 1. The van der Waals surface area contributed by atoms with Crippen LogP contribution in [0, 0.1) is 0 Å². The van der Waals surface area contributed by atoms with E-state index in [9.17, 15) is 4.79 Å². The molecule has 0 aliphatic heterocycles. The SMILES string of the molecule is CC(C)N(Cc1ccccc1)C(=O)Cc1cccc2ccccc12. The lowest BCUT2D eigenvalue weighted by molar-refractivity contribution is -0.132. The first-order valence-electron chi connectivity index (χ1n) is 8.45. The van der Waals surface area contributed by atoms with Gasteiger partial charge >= 0.3 is 0 Å². The third kappa shape index (κ3) is 3.65. The Morgan fingerprint density at radius 2 is 1.54 bits per heavy atom. The Hall–Kier alpha value is -2.61. The van der Waals surface area contributed by atoms with E-state index in [1.54, 1.807) is 0 Å². The Bertz CT molecular complexity index is 818. The maximum Gasteiger partial charge on any atom is 0.227 e. The van der Waals surface area contributed by atoms with Crippen molar-refractivity contribution in [3.8, 4) is 0 Å². The molecular weight excluding hydrogens is 294 g/mol. The monoisotopic (exact) mass is 317 g/mol. The van der Waals surface area contributed by atoms with Crippen LogP contribution in [0.4, 0.5) is 0 Å². The number of carbonyl (C=O) groups is 1. The predicted octanol–water partition coefficient (Wildman–Crippen LogP) is 4.82. The number of rotatable bonds is 5. The molecule has 0 spiro atoms. The summed E-state index contributed by atoms with van der Waals surface area (Å²) in [6, 6.07) is 24.8. The average Bonchev–Trinajstić information content (AvgIpc) is 2.60. The Kier molecular flexibility index (Phi) is 4.95. The van der Waals surface area contributed by atoms with Crippen molar-refractivity contribution in [2.45, 2.75) is 32.9 Å². The molecule has 3 aromatic rings. The van der Waals surface area contributed by atoms with Gasteiger partial charge in [0, 0.05) is 12.6 Å². The molecule has 0 aliphatic carbocycles. The van der Waals surface area contributed by atoms with Crippen LogP contribution in [0.2, 0.25) is 0 Å². The van der Waals surface area contributed by atoms with Gasteiger partial charge in [-0.2, -0.15) is 0 Å². The molecule has 1 amide bonds. The minimum Gasteiger partial charge on any atom is -0.336 e. The van der Waals surface area contributed by atoms with Crippen LogP contribution in [-0.4, -0.2) is 16.8 Å². The Balaban J connectivity index is 1.83.